The molecule has 0 unspecified atom stereocenters. The van der Waals surface area contributed by atoms with Crippen molar-refractivity contribution in [2.75, 3.05) is 19.8 Å². The van der Waals surface area contributed by atoms with Crippen LogP contribution in [-0.4, -0.2) is 60.7 Å². The zero-order chi connectivity index (χ0) is 24.5. The molecule has 0 radical (unpaired) electrons. The molecule has 0 saturated heterocycles. The Kier molecular flexibility index (Phi) is 6.31. The van der Waals surface area contributed by atoms with Gasteiger partial charge in [-0.1, -0.05) is 6.07 Å². The molecular formula is C25H31N7O3. The number of aromatic nitrogens is 6. The Hall–Kier alpha value is -3.63. The van der Waals surface area contributed by atoms with Crippen molar-refractivity contribution in [3.05, 3.63) is 40.8 Å². The Morgan fingerprint density at radius 3 is 2.89 bits per heavy atom. The molecule has 0 aliphatic carbocycles. The maximum Gasteiger partial charge on any atom is 0.240 e. The number of aliphatic hydroxyl groups is 1. The van der Waals surface area contributed by atoms with E-state index in [4.69, 9.17) is 9.47 Å². The predicted molar refractivity (Wildman–Crippen MR) is 134 cm³/mol. The average molecular weight is 478 g/mol. The van der Waals surface area contributed by atoms with Crippen LogP contribution in [0, 0.1) is 6.92 Å². The molecule has 3 aromatic heterocycles. The molecule has 35 heavy (non-hydrogen) atoms. The average Bonchev–Trinajstić information content (AvgIpc) is 3.44. The number of rotatable bonds is 4. The molecule has 1 aliphatic rings. The van der Waals surface area contributed by atoms with Crippen molar-refractivity contribution >= 4 is 23.1 Å². The van der Waals surface area contributed by atoms with Gasteiger partial charge < -0.3 is 19.9 Å². The third-order valence-corrected chi connectivity index (χ3v) is 5.99. The lowest BCUT2D eigenvalue weighted by Crippen LogP contribution is -2.23. The Morgan fingerprint density at radius 1 is 1.23 bits per heavy atom. The second kappa shape index (κ2) is 9.55. The molecule has 0 fully saturated rings. The van der Waals surface area contributed by atoms with Crippen LogP contribution in [0.15, 0.2) is 18.2 Å². The third-order valence-electron chi connectivity index (χ3n) is 5.99. The number of fused-ring (bicyclic) bond motifs is 4. The molecule has 10 nitrogen and oxygen atoms in total. The molecule has 2 bridgehead atoms. The molecule has 3 N–H and O–H groups in total. The van der Waals surface area contributed by atoms with Gasteiger partial charge in [0.05, 0.1) is 53.0 Å². The van der Waals surface area contributed by atoms with Gasteiger partial charge in [-0.25, -0.2) is 4.68 Å². The zero-order valence-electron chi connectivity index (χ0n) is 20.5. The lowest BCUT2D eigenvalue weighted by Gasteiger charge is -2.11. The number of nitrogens with zero attached hydrogens (tertiary/aromatic N) is 5. The Balaban J connectivity index is 1.66. The Morgan fingerprint density at radius 2 is 2.09 bits per heavy atom. The second-order valence-electron chi connectivity index (χ2n) is 8.90. The summed E-state index contributed by atoms with van der Waals surface area (Å²) < 4.78 is 15.8. The van der Waals surface area contributed by atoms with Crippen molar-refractivity contribution in [3.8, 4) is 22.9 Å². The molecule has 10 heteroatoms. The van der Waals surface area contributed by atoms with Crippen LogP contribution in [0.2, 0.25) is 0 Å². The summed E-state index contributed by atoms with van der Waals surface area (Å²) in [7, 11) is 1.90. The molecule has 0 atom stereocenters. The lowest BCUT2D eigenvalue weighted by atomic mass is 10.0. The van der Waals surface area contributed by atoms with Crippen LogP contribution in [-0.2, 0) is 20.1 Å². The Bertz CT molecular complexity index is 1380. The maximum atomic E-state index is 9.61. The van der Waals surface area contributed by atoms with Crippen molar-refractivity contribution < 1.29 is 14.6 Å². The molecule has 0 amide bonds. The van der Waals surface area contributed by atoms with Gasteiger partial charge in [0.2, 0.25) is 11.8 Å². The molecule has 1 aliphatic heterocycles. The number of aryl methyl sites for hydroxylation is 2. The summed E-state index contributed by atoms with van der Waals surface area (Å²) >= 11 is 0. The van der Waals surface area contributed by atoms with Crippen LogP contribution < -0.4 is 14.8 Å². The topological polar surface area (TPSA) is 115 Å². The maximum absolute atomic E-state index is 9.61. The highest BCUT2D eigenvalue weighted by Gasteiger charge is 2.20. The lowest BCUT2D eigenvalue weighted by molar-refractivity contribution is 0.225. The number of ether oxygens (including phenoxy) is 2. The van der Waals surface area contributed by atoms with Crippen LogP contribution in [0.25, 0.3) is 34.2 Å². The van der Waals surface area contributed by atoms with Crippen LogP contribution in [0.5, 0.6) is 11.8 Å². The molecule has 184 valence electrons. The van der Waals surface area contributed by atoms with Gasteiger partial charge in [-0.2, -0.15) is 10.2 Å². The van der Waals surface area contributed by atoms with E-state index in [0.29, 0.717) is 32.1 Å². The summed E-state index contributed by atoms with van der Waals surface area (Å²) in [4.78, 5) is 0. The largest absolute Gasteiger partial charge is 0.476 e. The summed E-state index contributed by atoms with van der Waals surface area (Å²) in [6.45, 7) is 7.95. The third kappa shape index (κ3) is 4.42. The standard InChI is InChI=1S/C25H31N7O3/c1-15(2)35-24-18-6-8-21-19-13-17(5-7-20(19)27-28-21)23-16(3)29-31(4)25(23)34-12-9-26-14-22(18)32(30-24)10-11-33/h5-8,13,15,26,33H,9-12,14H2,1-4H3,(H,27,28)/b8-6+. The Labute approximate surface area is 203 Å². The van der Waals surface area contributed by atoms with Gasteiger partial charge in [-0.05, 0) is 50.6 Å². The number of hydrogen-bond donors (Lipinski definition) is 3. The number of hydrogen-bond acceptors (Lipinski definition) is 7. The van der Waals surface area contributed by atoms with E-state index in [-0.39, 0.29) is 12.7 Å². The van der Waals surface area contributed by atoms with Crippen LogP contribution in [0.3, 0.4) is 0 Å². The number of H-pyrrole nitrogens is 1. The van der Waals surface area contributed by atoms with E-state index >= 15 is 0 Å². The molecular weight excluding hydrogens is 446 g/mol. The van der Waals surface area contributed by atoms with Gasteiger partial charge in [-0.15, -0.1) is 5.10 Å². The minimum absolute atomic E-state index is 0.0152. The van der Waals surface area contributed by atoms with E-state index in [2.05, 4.69) is 37.8 Å². The first-order chi connectivity index (χ1) is 17.0. The van der Waals surface area contributed by atoms with Crippen LogP contribution in [0.1, 0.15) is 36.5 Å². The molecule has 0 spiro atoms. The summed E-state index contributed by atoms with van der Waals surface area (Å²) in [5.74, 6) is 1.28. The first-order valence-corrected chi connectivity index (χ1v) is 11.9. The number of benzene rings is 1. The van der Waals surface area contributed by atoms with E-state index in [0.717, 1.165) is 50.6 Å². The van der Waals surface area contributed by atoms with Gasteiger partial charge in [0.1, 0.15) is 6.61 Å². The fraction of sp³-hybridized carbons (Fsp3) is 0.400. The summed E-state index contributed by atoms with van der Waals surface area (Å²) in [6, 6.07) is 6.18. The highest BCUT2D eigenvalue weighted by atomic mass is 16.5. The molecule has 0 saturated carbocycles. The predicted octanol–water partition coefficient (Wildman–Crippen LogP) is 2.90. The number of nitrogens with one attached hydrogen (secondary N) is 2. The first-order valence-electron chi connectivity index (χ1n) is 11.9. The normalized spacial score (nSPS) is 14.9. The smallest absolute Gasteiger partial charge is 0.240 e. The first kappa shape index (κ1) is 23.1. The summed E-state index contributed by atoms with van der Waals surface area (Å²) in [5, 5.41) is 30.9. The van der Waals surface area contributed by atoms with Gasteiger partial charge in [0.25, 0.3) is 0 Å². The molecule has 4 aromatic rings. The second-order valence-corrected chi connectivity index (χ2v) is 8.90. The van der Waals surface area contributed by atoms with Gasteiger partial charge >= 0.3 is 0 Å². The fourth-order valence-corrected chi connectivity index (χ4v) is 4.47. The summed E-state index contributed by atoms with van der Waals surface area (Å²) in [5.41, 5.74) is 6.47. The van der Waals surface area contributed by atoms with Crippen LogP contribution >= 0.6 is 0 Å². The van der Waals surface area contributed by atoms with Crippen molar-refractivity contribution in [2.45, 2.75) is 40.0 Å². The highest BCUT2D eigenvalue weighted by molar-refractivity contribution is 5.93. The van der Waals surface area contributed by atoms with E-state index in [1.165, 1.54) is 0 Å². The van der Waals surface area contributed by atoms with Crippen molar-refractivity contribution in [1.82, 2.24) is 35.1 Å². The minimum Gasteiger partial charge on any atom is -0.476 e. The van der Waals surface area contributed by atoms with Crippen molar-refractivity contribution in [2.24, 2.45) is 7.05 Å². The van der Waals surface area contributed by atoms with Crippen LogP contribution in [0.4, 0.5) is 0 Å². The number of aliphatic hydroxyl groups excluding tert-OH is 1. The highest BCUT2D eigenvalue weighted by Crippen LogP contribution is 2.35. The van der Waals surface area contributed by atoms with E-state index in [1.54, 1.807) is 9.36 Å². The van der Waals surface area contributed by atoms with E-state index in [1.807, 2.05) is 46.0 Å². The van der Waals surface area contributed by atoms with Gasteiger partial charge in [0.15, 0.2) is 0 Å². The van der Waals surface area contributed by atoms with E-state index in [9.17, 15) is 5.11 Å². The minimum atomic E-state index is -0.0335. The molecule has 5 rings (SSSR count). The van der Waals surface area contributed by atoms with Crippen molar-refractivity contribution in [1.29, 1.82) is 0 Å². The zero-order valence-corrected chi connectivity index (χ0v) is 20.5. The number of aromatic amines is 1. The van der Waals surface area contributed by atoms with Crippen molar-refractivity contribution in [3.63, 3.8) is 0 Å². The SMILES string of the molecule is Cc1nn(C)c2c1-c1ccc3n[nH]c(c3c1)/C=C/c1c(OC(C)C)nn(CCO)c1CNCCO2. The molecule has 1 aromatic carbocycles. The van der Waals surface area contributed by atoms with Gasteiger partial charge in [-0.3, -0.25) is 9.78 Å². The fourth-order valence-electron chi connectivity index (χ4n) is 4.47. The van der Waals surface area contributed by atoms with E-state index < -0.39 is 0 Å². The molecule has 4 heterocycles. The quantitative estimate of drug-likeness (QED) is 0.414. The summed E-state index contributed by atoms with van der Waals surface area (Å²) in [6.07, 6.45) is 3.98. The monoisotopic (exact) mass is 477 g/mol. The van der Waals surface area contributed by atoms with Gasteiger partial charge in [0, 0.05) is 25.5 Å².